The van der Waals surface area contributed by atoms with Crippen LogP contribution in [0.5, 0.6) is 11.5 Å². The van der Waals surface area contributed by atoms with Gasteiger partial charge in [0.1, 0.15) is 0 Å². The third-order valence-corrected chi connectivity index (χ3v) is 3.16. The summed E-state index contributed by atoms with van der Waals surface area (Å²) < 4.78 is 0. The number of piperidine rings is 1. The van der Waals surface area contributed by atoms with Gasteiger partial charge in [0, 0.05) is 5.56 Å². The van der Waals surface area contributed by atoms with E-state index in [0.717, 1.165) is 37.1 Å². The Hall–Kier alpha value is -1.22. The van der Waals surface area contributed by atoms with Crippen LogP contribution < -0.4 is 5.32 Å². The van der Waals surface area contributed by atoms with Gasteiger partial charge in [-0.15, -0.1) is 0 Å². The molecule has 0 atom stereocenters. The second kappa shape index (κ2) is 4.11. The molecule has 3 heteroatoms. The van der Waals surface area contributed by atoms with Gasteiger partial charge in [0.25, 0.3) is 0 Å². The number of aryl methyl sites for hydroxylation is 1. The van der Waals surface area contributed by atoms with E-state index >= 15 is 0 Å². The normalized spacial score (nSPS) is 17.9. The van der Waals surface area contributed by atoms with Crippen molar-refractivity contribution in [2.24, 2.45) is 0 Å². The summed E-state index contributed by atoms with van der Waals surface area (Å²) in [5, 5.41) is 22.8. The van der Waals surface area contributed by atoms with Crippen molar-refractivity contribution in [2.75, 3.05) is 13.1 Å². The van der Waals surface area contributed by atoms with Crippen molar-refractivity contribution < 1.29 is 10.2 Å². The Balaban J connectivity index is 2.31. The van der Waals surface area contributed by atoms with Crippen LogP contribution >= 0.6 is 0 Å². The highest BCUT2D eigenvalue weighted by molar-refractivity contribution is 5.50. The molecule has 0 unspecified atom stereocenters. The summed E-state index contributed by atoms with van der Waals surface area (Å²) in [5.41, 5.74) is 1.62. The van der Waals surface area contributed by atoms with E-state index in [4.69, 9.17) is 0 Å². The van der Waals surface area contributed by atoms with Crippen molar-refractivity contribution in [1.29, 1.82) is 0 Å². The largest absolute Gasteiger partial charge is 0.504 e. The molecule has 1 aliphatic heterocycles. The van der Waals surface area contributed by atoms with Gasteiger partial charge in [-0.3, -0.25) is 0 Å². The van der Waals surface area contributed by atoms with Crippen LogP contribution in [0.15, 0.2) is 12.1 Å². The molecule has 0 aromatic heterocycles. The lowest BCUT2D eigenvalue weighted by atomic mass is 9.89. The van der Waals surface area contributed by atoms with Crippen molar-refractivity contribution in [3.05, 3.63) is 23.3 Å². The van der Waals surface area contributed by atoms with E-state index in [1.807, 2.05) is 12.1 Å². The van der Waals surface area contributed by atoms with E-state index < -0.39 is 0 Å². The van der Waals surface area contributed by atoms with Crippen molar-refractivity contribution >= 4 is 0 Å². The molecule has 82 valence electrons. The number of aromatic hydroxyl groups is 2. The fraction of sp³-hybridized carbons (Fsp3) is 0.500. The second-order valence-corrected chi connectivity index (χ2v) is 4.19. The molecule has 2 rings (SSSR count). The lowest BCUT2D eigenvalue weighted by Crippen LogP contribution is -2.26. The maximum Gasteiger partial charge on any atom is 0.161 e. The van der Waals surface area contributed by atoms with Gasteiger partial charge in [-0.05, 0) is 44.3 Å². The molecule has 1 aromatic rings. The van der Waals surface area contributed by atoms with E-state index in [0.29, 0.717) is 5.92 Å². The molecule has 0 saturated carbocycles. The Morgan fingerprint density at radius 3 is 2.47 bits per heavy atom. The molecule has 0 radical (unpaired) electrons. The minimum atomic E-state index is 0.0334. The number of hydrogen-bond acceptors (Lipinski definition) is 3. The summed E-state index contributed by atoms with van der Waals surface area (Å²) in [6.45, 7) is 3.76. The molecule has 1 saturated heterocycles. The van der Waals surface area contributed by atoms with Crippen LogP contribution in [-0.4, -0.2) is 23.3 Å². The quantitative estimate of drug-likeness (QED) is 0.616. The van der Waals surface area contributed by atoms with Crippen molar-refractivity contribution in [3.63, 3.8) is 0 Å². The molecule has 0 bridgehead atoms. The van der Waals surface area contributed by atoms with Crippen molar-refractivity contribution in [1.82, 2.24) is 5.32 Å². The number of nitrogens with one attached hydrogen (secondary N) is 1. The van der Waals surface area contributed by atoms with Crippen LogP contribution in [0, 0.1) is 6.92 Å². The van der Waals surface area contributed by atoms with Gasteiger partial charge in [0.05, 0.1) is 0 Å². The van der Waals surface area contributed by atoms with Gasteiger partial charge in [-0.1, -0.05) is 12.1 Å². The van der Waals surface area contributed by atoms with E-state index in [1.54, 1.807) is 6.92 Å². The highest BCUT2D eigenvalue weighted by Crippen LogP contribution is 2.39. The molecular formula is C12H17NO2. The first-order valence-electron chi connectivity index (χ1n) is 5.42. The maximum absolute atomic E-state index is 9.86. The van der Waals surface area contributed by atoms with Crippen LogP contribution in [0.25, 0.3) is 0 Å². The summed E-state index contributed by atoms with van der Waals surface area (Å²) in [5.74, 6) is 0.477. The van der Waals surface area contributed by atoms with Crippen LogP contribution in [0.3, 0.4) is 0 Å². The first-order valence-corrected chi connectivity index (χ1v) is 5.42. The highest BCUT2D eigenvalue weighted by atomic mass is 16.3. The predicted molar refractivity (Wildman–Crippen MR) is 59.4 cm³/mol. The molecule has 1 heterocycles. The summed E-state index contributed by atoms with van der Waals surface area (Å²) in [4.78, 5) is 0. The fourth-order valence-electron chi connectivity index (χ4n) is 2.16. The first kappa shape index (κ1) is 10.3. The molecule has 3 N–H and O–H groups in total. The van der Waals surface area contributed by atoms with Crippen LogP contribution in [-0.2, 0) is 0 Å². The average Bonchev–Trinajstić information content (AvgIpc) is 2.27. The minimum Gasteiger partial charge on any atom is -0.504 e. The number of rotatable bonds is 1. The molecule has 3 nitrogen and oxygen atoms in total. The highest BCUT2D eigenvalue weighted by Gasteiger charge is 2.20. The lowest BCUT2D eigenvalue weighted by molar-refractivity contribution is 0.382. The summed E-state index contributed by atoms with van der Waals surface area (Å²) >= 11 is 0. The van der Waals surface area contributed by atoms with Gasteiger partial charge in [0.2, 0.25) is 0 Å². The Bertz CT molecular complexity index is 357. The molecular weight excluding hydrogens is 190 g/mol. The lowest BCUT2D eigenvalue weighted by Gasteiger charge is -2.24. The summed E-state index contributed by atoms with van der Waals surface area (Å²) in [7, 11) is 0. The zero-order valence-electron chi connectivity index (χ0n) is 8.95. The maximum atomic E-state index is 9.86. The van der Waals surface area contributed by atoms with Crippen LogP contribution in [0.1, 0.15) is 29.9 Å². The van der Waals surface area contributed by atoms with E-state index in [2.05, 4.69) is 5.32 Å². The standard InChI is InChI=1S/C12H17NO2/c1-8-2-3-10(12(15)11(8)14)9-4-6-13-7-5-9/h2-3,9,13-15H,4-7H2,1H3. The molecule has 1 aromatic carbocycles. The minimum absolute atomic E-state index is 0.0334. The van der Waals surface area contributed by atoms with Gasteiger partial charge in [-0.2, -0.15) is 0 Å². The number of hydrogen-bond donors (Lipinski definition) is 3. The predicted octanol–water partition coefficient (Wildman–Crippen LogP) is 1.87. The third kappa shape index (κ3) is 1.92. The summed E-state index contributed by atoms with van der Waals surface area (Å²) in [6.07, 6.45) is 2.05. The van der Waals surface area contributed by atoms with E-state index in [9.17, 15) is 10.2 Å². The number of phenolic OH excluding ortho intramolecular Hbond substituents is 2. The zero-order valence-corrected chi connectivity index (χ0v) is 8.95. The molecule has 0 spiro atoms. The Morgan fingerprint density at radius 1 is 1.13 bits per heavy atom. The third-order valence-electron chi connectivity index (χ3n) is 3.16. The van der Waals surface area contributed by atoms with E-state index in [-0.39, 0.29) is 11.5 Å². The first-order chi connectivity index (χ1) is 7.20. The topological polar surface area (TPSA) is 52.5 Å². The molecule has 0 aliphatic carbocycles. The van der Waals surface area contributed by atoms with Gasteiger partial charge in [0.15, 0.2) is 11.5 Å². The monoisotopic (exact) mass is 207 g/mol. The average molecular weight is 207 g/mol. The van der Waals surface area contributed by atoms with Crippen molar-refractivity contribution in [3.8, 4) is 11.5 Å². The zero-order chi connectivity index (χ0) is 10.8. The van der Waals surface area contributed by atoms with Crippen molar-refractivity contribution in [2.45, 2.75) is 25.7 Å². The molecule has 1 aliphatic rings. The van der Waals surface area contributed by atoms with Crippen LogP contribution in [0.2, 0.25) is 0 Å². The smallest absolute Gasteiger partial charge is 0.161 e. The van der Waals surface area contributed by atoms with Gasteiger partial charge < -0.3 is 15.5 Å². The number of benzene rings is 1. The SMILES string of the molecule is Cc1ccc(C2CCNCC2)c(O)c1O. The summed E-state index contributed by atoms with van der Waals surface area (Å²) in [6, 6.07) is 3.80. The molecule has 0 amide bonds. The van der Waals surface area contributed by atoms with Crippen LogP contribution in [0.4, 0.5) is 0 Å². The Morgan fingerprint density at radius 2 is 1.80 bits per heavy atom. The Labute approximate surface area is 89.8 Å². The number of phenols is 2. The Kier molecular flexibility index (Phi) is 2.82. The van der Waals surface area contributed by atoms with Gasteiger partial charge in [-0.25, -0.2) is 0 Å². The van der Waals surface area contributed by atoms with Gasteiger partial charge >= 0.3 is 0 Å². The molecule has 1 fully saturated rings. The van der Waals surface area contributed by atoms with E-state index in [1.165, 1.54) is 0 Å². The fourth-order valence-corrected chi connectivity index (χ4v) is 2.16. The second-order valence-electron chi connectivity index (χ2n) is 4.19. The molecule has 15 heavy (non-hydrogen) atoms.